The second-order valence-electron chi connectivity index (χ2n) is 6.01. The second-order valence-corrected chi connectivity index (χ2v) is 6.92. The molecule has 0 spiro atoms. The first-order chi connectivity index (χ1) is 9.97. The predicted octanol–water partition coefficient (Wildman–Crippen LogP) is 2.75. The van der Waals surface area contributed by atoms with Gasteiger partial charge in [-0.15, -0.1) is 11.3 Å². The van der Waals surface area contributed by atoms with Crippen molar-refractivity contribution in [2.45, 2.75) is 26.7 Å². The first kappa shape index (κ1) is 16.2. The van der Waals surface area contributed by atoms with Crippen LogP contribution in [0.2, 0.25) is 0 Å². The Bertz CT molecular complexity index is 504. The van der Waals surface area contributed by atoms with Crippen molar-refractivity contribution in [3.63, 3.8) is 0 Å². The fourth-order valence-corrected chi connectivity index (χ4v) is 3.32. The largest absolute Gasteiger partial charge is 0.340 e. The number of likely N-dealkylation sites (tertiary alicyclic amines) is 1. The topological polar surface area (TPSA) is 40.6 Å². The quantitative estimate of drug-likeness (QED) is 0.785. The summed E-state index contributed by atoms with van der Waals surface area (Å²) in [5.41, 5.74) is 0.625. The lowest BCUT2D eigenvalue weighted by atomic mass is 9.99. The van der Waals surface area contributed by atoms with Gasteiger partial charge in [0.1, 0.15) is 0 Å². The van der Waals surface area contributed by atoms with Gasteiger partial charge in [-0.05, 0) is 44.8 Å². The molecule has 1 amide bonds. The summed E-state index contributed by atoms with van der Waals surface area (Å²) in [5.74, 6) is 0.852. The van der Waals surface area contributed by atoms with Gasteiger partial charge in [-0.2, -0.15) is 0 Å². The van der Waals surface area contributed by atoms with E-state index < -0.39 is 0 Å². The van der Waals surface area contributed by atoms with Crippen molar-refractivity contribution in [1.82, 2.24) is 9.80 Å². The van der Waals surface area contributed by atoms with E-state index in [4.69, 9.17) is 0 Å². The van der Waals surface area contributed by atoms with Crippen molar-refractivity contribution in [3.8, 4) is 0 Å². The number of piperidine rings is 1. The van der Waals surface area contributed by atoms with E-state index in [1.54, 1.807) is 16.3 Å². The van der Waals surface area contributed by atoms with Crippen molar-refractivity contribution in [1.29, 1.82) is 0 Å². The van der Waals surface area contributed by atoms with Gasteiger partial charge in [0.15, 0.2) is 5.78 Å². The predicted molar refractivity (Wildman–Crippen MR) is 86.1 cm³/mol. The fourth-order valence-electron chi connectivity index (χ4n) is 2.53. The van der Waals surface area contributed by atoms with Crippen molar-refractivity contribution in [3.05, 3.63) is 21.9 Å². The van der Waals surface area contributed by atoms with E-state index >= 15 is 0 Å². The van der Waals surface area contributed by atoms with Gasteiger partial charge in [-0.1, -0.05) is 6.92 Å². The average molecular weight is 308 g/mol. The summed E-state index contributed by atoms with van der Waals surface area (Å²) < 4.78 is 0. The molecule has 4 nitrogen and oxygen atoms in total. The van der Waals surface area contributed by atoms with Gasteiger partial charge in [0.2, 0.25) is 0 Å². The highest BCUT2D eigenvalue weighted by atomic mass is 32.1. The molecule has 0 N–H and O–H groups in total. The number of rotatable bonds is 5. The molecule has 1 saturated heterocycles. The summed E-state index contributed by atoms with van der Waals surface area (Å²) in [5, 5.41) is 1.78. The number of hydrogen-bond donors (Lipinski definition) is 0. The van der Waals surface area contributed by atoms with E-state index in [0.29, 0.717) is 10.4 Å². The molecule has 1 aliphatic heterocycles. The molecule has 1 aliphatic rings. The van der Waals surface area contributed by atoms with E-state index in [2.05, 4.69) is 11.8 Å². The second kappa shape index (κ2) is 7.18. The van der Waals surface area contributed by atoms with Gasteiger partial charge < -0.3 is 9.80 Å². The fraction of sp³-hybridized carbons (Fsp3) is 0.625. The summed E-state index contributed by atoms with van der Waals surface area (Å²) in [7, 11) is 1.83. The number of amides is 1. The van der Waals surface area contributed by atoms with Crippen LogP contribution in [0.4, 0.5) is 0 Å². The molecule has 21 heavy (non-hydrogen) atoms. The molecule has 1 aromatic heterocycles. The Morgan fingerprint density at radius 3 is 2.62 bits per heavy atom. The number of carbonyl (C=O) groups excluding carboxylic acids is 2. The smallest absolute Gasteiger partial charge is 0.254 e. The molecule has 0 aliphatic carbocycles. The molecule has 0 atom stereocenters. The molecule has 2 heterocycles. The summed E-state index contributed by atoms with van der Waals surface area (Å²) in [6.07, 6.45) is 2.51. The Balaban J connectivity index is 1.83. The SMILES string of the molecule is CC(=O)c1cc(C(=O)N(C)CCN2CCC(C)CC2)cs1. The number of thiophene rings is 1. The lowest BCUT2D eigenvalue weighted by Gasteiger charge is -2.31. The summed E-state index contributed by atoms with van der Waals surface area (Å²) in [4.78, 5) is 28.4. The van der Waals surface area contributed by atoms with Crippen LogP contribution in [0.1, 0.15) is 46.7 Å². The Labute approximate surface area is 130 Å². The highest BCUT2D eigenvalue weighted by Crippen LogP contribution is 2.18. The normalized spacial score (nSPS) is 16.9. The number of hydrogen-bond acceptors (Lipinski definition) is 4. The van der Waals surface area contributed by atoms with Crippen LogP contribution >= 0.6 is 11.3 Å². The Morgan fingerprint density at radius 2 is 2.05 bits per heavy atom. The third-order valence-corrected chi connectivity index (χ3v) is 5.20. The van der Waals surface area contributed by atoms with Crippen LogP contribution < -0.4 is 0 Å². The van der Waals surface area contributed by atoms with E-state index in [1.165, 1.54) is 31.1 Å². The minimum atomic E-state index is 0.00382. The first-order valence-electron chi connectivity index (χ1n) is 7.54. The molecule has 1 aromatic rings. The van der Waals surface area contributed by atoms with E-state index in [9.17, 15) is 9.59 Å². The minimum absolute atomic E-state index is 0.00382. The lowest BCUT2D eigenvalue weighted by Crippen LogP contribution is -2.39. The van der Waals surface area contributed by atoms with Crippen molar-refractivity contribution < 1.29 is 9.59 Å². The molecule has 2 rings (SSSR count). The van der Waals surface area contributed by atoms with Crippen LogP contribution in [-0.2, 0) is 0 Å². The van der Waals surface area contributed by atoms with Gasteiger partial charge in [-0.25, -0.2) is 0 Å². The van der Waals surface area contributed by atoms with Gasteiger partial charge >= 0.3 is 0 Å². The van der Waals surface area contributed by atoms with Crippen molar-refractivity contribution in [2.75, 3.05) is 33.2 Å². The Hall–Kier alpha value is -1.20. The van der Waals surface area contributed by atoms with Gasteiger partial charge in [0.05, 0.1) is 10.4 Å². The maximum Gasteiger partial charge on any atom is 0.254 e. The zero-order chi connectivity index (χ0) is 15.4. The number of ketones is 1. The van der Waals surface area contributed by atoms with E-state index in [-0.39, 0.29) is 11.7 Å². The van der Waals surface area contributed by atoms with Gasteiger partial charge in [0, 0.05) is 25.5 Å². The summed E-state index contributed by atoms with van der Waals surface area (Å²) >= 11 is 1.34. The highest BCUT2D eigenvalue weighted by molar-refractivity contribution is 7.12. The van der Waals surface area contributed by atoms with E-state index in [0.717, 1.165) is 32.1 Å². The number of nitrogens with zero attached hydrogens (tertiary/aromatic N) is 2. The van der Waals surface area contributed by atoms with Gasteiger partial charge in [-0.3, -0.25) is 9.59 Å². The zero-order valence-corrected chi connectivity index (χ0v) is 13.9. The highest BCUT2D eigenvalue weighted by Gasteiger charge is 2.18. The van der Waals surface area contributed by atoms with E-state index in [1.807, 2.05) is 7.05 Å². The molecular formula is C16H24N2O2S. The number of Topliss-reactive ketones (excluding diaryl/α,β-unsaturated/α-hetero) is 1. The molecule has 0 aromatic carbocycles. The molecule has 0 radical (unpaired) electrons. The van der Waals surface area contributed by atoms with Crippen LogP contribution in [0.5, 0.6) is 0 Å². The zero-order valence-electron chi connectivity index (χ0n) is 13.1. The minimum Gasteiger partial charge on any atom is -0.340 e. The third-order valence-electron chi connectivity index (χ3n) is 4.17. The van der Waals surface area contributed by atoms with Crippen LogP contribution in [0, 0.1) is 5.92 Å². The third kappa shape index (κ3) is 4.38. The molecule has 0 unspecified atom stereocenters. The maximum atomic E-state index is 12.3. The van der Waals surface area contributed by atoms with Crippen molar-refractivity contribution >= 4 is 23.0 Å². The molecule has 116 valence electrons. The van der Waals surface area contributed by atoms with Crippen LogP contribution in [-0.4, -0.2) is 54.7 Å². The molecule has 5 heteroatoms. The lowest BCUT2D eigenvalue weighted by molar-refractivity contribution is 0.0768. The number of likely N-dealkylation sites (N-methyl/N-ethyl adjacent to an activating group) is 1. The average Bonchev–Trinajstić information content (AvgIpc) is 2.95. The molecule has 0 saturated carbocycles. The van der Waals surface area contributed by atoms with Gasteiger partial charge in [0.25, 0.3) is 5.91 Å². The number of carbonyl (C=O) groups is 2. The standard InChI is InChI=1S/C16H24N2O2S/c1-12-4-6-18(7-5-12)9-8-17(3)16(20)14-10-15(13(2)19)21-11-14/h10-12H,4-9H2,1-3H3. The van der Waals surface area contributed by atoms with Crippen LogP contribution in [0.15, 0.2) is 11.4 Å². The van der Waals surface area contributed by atoms with Crippen LogP contribution in [0.3, 0.4) is 0 Å². The summed E-state index contributed by atoms with van der Waals surface area (Å²) in [6.45, 7) is 7.76. The summed E-state index contributed by atoms with van der Waals surface area (Å²) in [6, 6.07) is 1.70. The molecular weight excluding hydrogens is 284 g/mol. The van der Waals surface area contributed by atoms with Crippen LogP contribution in [0.25, 0.3) is 0 Å². The Morgan fingerprint density at radius 1 is 1.38 bits per heavy atom. The monoisotopic (exact) mass is 308 g/mol. The molecule has 0 bridgehead atoms. The first-order valence-corrected chi connectivity index (χ1v) is 8.42. The van der Waals surface area contributed by atoms with Crippen molar-refractivity contribution in [2.24, 2.45) is 5.92 Å². The Kier molecular flexibility index (Phi) is 5.53. The molecule has 1 fully saturated rings. The maximum absolute atomic E-state index is 12.3.